The SMILES string of the molecule is CC(O)Oc1cc(F)c(-c2cc3nc(-c4cc(C(F)(F)F)nn4C)ccc3[nH]2)c(F)c1. The first-order valence-corrected chi connectivity index (χ1v) is 8.98. The molecular formula is C20H15F5N4O2. The number of aliphatic hydroxyl groups excluding tert-OH is 1. The van der Waals surface area contributed by atoms with Crippen LogP contribution in [-0.2, 0) is 13.2 Å². The summed E-state index contributed by atoms with van der Waals surface area (Å²) in [6.45, 7) is 1.30. The lowest BCUT2D eigenvalue weighted by atomic mass is 10.1. The second-order valence-corrected chi connectivity index (χ2v) is 6.83. The van der Waals surface area contributed by atoms with Gasteiger partial charge >= 0.3 is 6.18 Å². The minimum Gasteiger partial charge on any atom is -0.465 e. The van der Waals surface area contributed by atoms with Gasteiger partial charge in [0.1, 0.15) is 17.4 Å². The Kier molecular flexibility index (Phi) is 4.92. The van der Waals surface area contributed by atoms with Crippen LogP contribution in [0.15, 0.2) is 36.4 Å². The molecule has 11 heteroatoms. The number of fused-ring (bicyclic) bond motifs is 1. The molecule has 6 nitrogen and oxygen atoms in total. The Balaban J connectivity index is 1.75. The van der Waals surface area contributed by atoms with Gasteiger partial charge in [-0.05, 0) is 31.2 Å². The van der Waals surface area contributed by atoms with Crippen molar-refractivity contribution in [1.29, 1.82) is 0 Å². The number of aliphatic hydroxyl groups is 1. The Morgan fingerprint density at radius 1 is 1.10 bits per heavy atom. The Labute approximate surface area is 171 Å². The molecule has 0 aliphatic carbocycles. The molecule has 3 aromatic heterocycles. The van der Waals surface area contributed by atoms with E-state index < -0.39 is 29.8 Å². The van der Waals surface area contributed by atoms with Gasteiger partial charge < -0.3 is 14.8 Å². The molecule has 2 N–H and O–H groups in total. The molecule has 0 saturated heterocycles. The maximum atomic E-state index is 14.5. The first kappa shape index (κ1) is 20.8. The van der Waals surface area contributed by atoms with Crippen molar-refractivity contribution < 1.29 is 31.8 Å². The highest BCUT2D eigenvalue weighted by atomic mass is 19.4. The normalized spacial score (nSPS) is 13.0. The molecule has 0 aliphatic rings. The topological polar surface area (TPSA) is 76.0 Å². The summed E-state index contributed by atoms with van der Waals surface area (Å²) in [6, 6.07) is 7.15. The van der Waals surface area contributed by atoms with Gasteiger partial charge in [0.25, 0.3) is 0 Å². The van der Waals surface area contributed by atoms with Crippen molar-refractivity contribution >= 4 is 11.0 Å². The summed E-state index contributed by atoms with van der Waals surface area (Å²) >= 11 is 0. The van der Waals surface area contributed by atoms with Gasteiger partial charge in [-0.3, -0.25) is 4.68 Å². The number of aromatic nitrogens is 4. The molecule has 0 bridgehead atoms. The number of alkyl halides is 3. The summed E-state index contributed by atoms with van der Waals surface area (Å²) in [5.41, 5.74) is -0.258. The fraction of sp³-hybridized carbons (Fsp3) is 0.200. The molecule has 4 rings (SSSR count). The number of rotatable bonds is 4. The van der Waals surface area contributed by atoms with E-state index in [9.17, 15) is 27.1 Å². The predicted octanol–water partition coefficient (Wildman–Crippen LogP) is 4.64. The standard InChI is InChI=1S/C20H15F5N4O2/c1-9(30)31-10-5-11(21)19(12(22)6-10)16-7-15-13(26-16)3-4-14(27-15)17-8-18(20(23,24)25)28-29(17)2/h3-9,26,30H,1-2H3. The van der Waals surface area contributed by atoms with Crippen molar-refractivity contribution in [1.82, 2.24) is 19.7 Å². The number of hydrogen-bond acceptors (Lipinski definition) is 4. The van der Waals surface area contributed by atoms with Crippen LogP contribution in [-0.4, -0.2) is 31.1 Å². The van der Waals surface area contributed by atoms with Gasteiger partial charge in [-0.25, -0.2) is 13.8 Å². The van der Waals surface area contributed by atoms with Gasteiger partial charge in [-0.15, -0.1) is 0 Å². The summed E-state index contributed by atoms with van der Waals surface area (Å²) in [7, 11) is 1.36. The van der Waals surface area contributed by atoms with Crippen LogP contribution in [0.5, 0.6) is 5.75 Å². The summed E-state index contributed by atoms with van der Waals surface area (Å²) < 4.78 is 73.8. The number of pyridine rings is 1. The number of H-pyrrole nitrogens is 1. The highest BCUT2D eigenvalue weighted by molar-refractivity contribution is 5.84. The molecule has 0 spiro atoms. The molecule has 1 unspecified atom stereocenters. The lowest BCUT2D eigenvalue weighted by Crippen LogP contribution is -2.10. The molecule has 0 saturated carbocycles. The van der Waals surface area contributed by atoms with Crippen molar-refractivity contribution in [2.24, 2.45) is 7.05 Å². The van der Waals surface area contributed by atoms with E-state index in [4.69, 9.17) is 4.74 Å². The second kappa shape index (κ2) is 7.34. The quantitative estimate of drug-likeness (QED) is 0.360. The van der Waals surface area contributed by atoms with E-state index in [1.807, 2.05) is 0 Å². The van der Waals surface area contributed by atoms with Crippen molar-refractivity contribution in [3.63, 3.8) is 0 Å². The fourth-order valence-corrected chi connectivity index (χ4v) is 3.20. The smallest absolute Gasteiger partial charge is 0.435 e. The molecule has 1 aromatic carbocycles. The van der Waals surface area contributed by atoms with E-state index in [-0.39, 0.29) is 28.4 Å². The number of nitrogens with zero attached hydrogens (tertiary/aromatic N) is 3. The number of halogens is 5. The third-order valence-electron chi connectivity index (χ3n) is 4.50. The van der Waals surface area contributed by atoms with Crippen LogP contribution in [0.1, 0.15) is 12.6 Å². The van der Waals surface area contributed by atoms with Crippen LogP contribution in [0.3, 0.4) is 0 Å². The van der Waals surface area contributed by atoms with E-state index in [0.717, 1.165) is 22.9 Å². The minimum atomic E-state index is -4.60. The third kappa shape index (κ3) is 3.96. The molecule has 0 fully saturated rings. The van der Waals surface area contributed by atoms with Gasteiger partial charge in [0.05, 0.1) is 33.7 Å². The van der Waals surface area contributed by atoms with Crippen LogP contribution < -0.4 is 4.74 Å². The van der Waals surface area contributed by atoms with E-state index in [0.29, 0.717) is 11.0 Å². The average molecular weight is 438 g/mol. The number of aromatic amines is 1. The van der Waals surface area contributed by atoms with Crippen molar-refractivity contribution in [3.8, 4) is 28.4 Å². The maximum absolute atomic E-state index is 14.5. The van der Waals surface area contributed by atoms with Crippen LogP contribution in [0, 0.1) is 11.6 Å². The Bertz CT molecular complexity index is 1250. The van der Waals surface area contributed by atoms with E-state index in [1.54, 1.807) is 6.07 Å². The molecule has 0 amide bonds. The largest absolute Gasteiger partial charge is 0.465 e. The highest BCUT2D eigenvalue weighted by Crippen LogP contribution is 2.34. The molecule has 1 atom stereocenters. The fourth-order valence-electron chi connectivity index (χ4n) is 3.20. The number of aryl methyl sites for hydroxylation is 1. The third-order valence-corrected chi connectivity index (χ3v) is 4.50. The number of nitrogens with one attached hydrogen (secondary N) is 1. The van der Waals surface area contributed by atoms with Crippen LogP contribution in [0.4, 0.5) is 22.0 Å². The van der Waals surface area contributed by atoms with Crippen molar-refractivity contribution in [2.75, 3.05) is 0 Å². The lowest BCUT2D eigenvalue weighted by molar-refractivity contribution is -0.141. The Morgan fingerprint density at radius 2 is 1.77 bits per heavy atom. The van der Waals surface area contributed by atoms with Gasteiger partial charge in [-0.1, -0.05) is 0 Å². The zero-order valence-electron chi connectivity index (χ0n) is 16.1. The minimum absolute atomic E-state index is 0.0826. The predicted molar refractivity (Wildman–Crippen MR) is 101 cm³/mol. The average Bonchev–Trinajstić information content (AvgIpc) is 3.23. The second-order valence-electron chi connectivity index (χ2n) is 6.83. The summed E-state index contributed by atoms with van der Waals surface area (Å²) in [6.07, 6.45) is -5.84. The monoisotopic (exact) mass is 438 g/mol. The molecule has 0 aliphatic heterocycles. The lowest BCUT2D eigenvalue weighted by Gasteiger charge is -2.10. The molecule has 31 heavy (non-hydrogen) atoms. The number of benzene rings is 1. The van der Waals surface area contributed by atoms with Crippen LogP contribution >= 0.6 is 0 Å². The summed E-state index contributed by atoms with van der Waals surface area (Å²) in [5.74, 6) is -2.03. The van der Waals surface area contributed by atoms with Crippen LogP contribution in [0.25, 0.3) is 33.7 Å². The number of hydrogen-bond donors (Lipinski definition) is 2. The first-order chi connectivity index (χ1) is 14.5. The first-order valence-electron chi connectivity index (χ1n) is 8.98. The van der Waals surface area contributed by atoms with Crippen molar-refractivity contribution in [2.45, 2.75) is 19.4 Å². The van der Waals surface area contributed by atoms with E-state index in [2.05, 4.69) is 15.1 Å². The van der Waals surface area contributed by atoms with Crippen molar-refractivity contribution in [3.05, 3.63) is 53.7 Å². The van der Waals surface area contributed by atoms with E-state index in [1.165, 1.54) is 26.1 Å². The Hall–Kier alpha value is -3.47. The highest BCUT2D eigenvalue weighted by Gasteiger charge is 2.34. The molecular weight excluding hydrogens is 423 g/mol. The zero-order chi connectivity index (χ0) is 22.5. The summed E-state index contributed by atoms with van der Waals surface area (Å²) in [5, 5.41) is 12.7. The molecule has 0 radical (unpaired) electrons. The van der Waals surface area contributed by atoms with Gasteiger partial charge in [0.2, 0.25) is 0 Å². The molecule has 3 heterocycles. The van der Waals surface area contributed by atoms with E-state index >= 15 is 0 Å². The zero-order valence-corrected chi connectivity index (χ0v) is 16.1. The van der Waals surface area contributed by atoms with Crippen LogP contribution in [0.2, 0.25) is 0 Å². The maximum Gasteiger partial charge on any atom is 0.435 e. The molecule has 162 valence electrons. The van der Waals surface area contributed by atoms with Gasteiger partial charge in [-0.2, -0.15) is 18.3 Å². The Morgan fingerprint density at radius 3 is 2.35 bits per heavy atom. The van der Waals surface area contributed by atoms with Gasteiger partial charge in [0.15, 0.2) is 12.0 Å². The molecule has 4 aromatic rings. The number of ether oxygens (including phenoxy) is 1. The summed E-state index contributed by atoms with van der Waals surface area (Å²) in [4.78, 5) is 7.14. The van der Waals surface area contributed by atoms with Gasteiger partial charge in [0, 0.05) is 19.2 Å².